The molecule has 35 heavy (non-hydrogen) atoms. The van der Waals surface area contributed by atoms with Gasteiger partial charge in [0.25, 0.3) is 5.91 Å². The maximum atomic E-state index is 13.7. The van der Waals surface area contributed by atoms with Crippen molar-refractivity contribution < 1.29 is 4.79 Å². The van der Waals surface area contributed by atoms with Crippen LogP contribution in [0.3, 0.4) is 0 Å². The number of nitrogens with zero attached hydrogens (tertiary/aromatic N) is 6. The lowest BCUT2D eigenvalue weighted by atomic mass is 10.0. The topological polar surface area (TPSA) is 119 Å². The molecular formula is C25H25ClN8O. The summed E-state index contributed by atoms with van der Waals surface area (Å²) in [5.74, 6) is 0.649. The van der Waals surface area contributed by atoms with E-state index in [1.54, 1.807) is 36.3 Å². The number of nitrogen functional groups attached to an aromatic ring is 1. The summed E-state index contributed by atoms with van der Waals surface area (Å²) in [6.45, 7) is 7.17. The number of halogens is 1. The molecule has 3 N–H and O–H groups in total. The van der Waals surface area contributed by atoms with Gasteiger partial charge in [-0.25, -0.2) is 9.97 Å². The molecule has 1 amide bonds. The molecule has 3 aromatic heterocycles. The average Bonchev–Trinajstić information content (AvgIpc) is 3.40. The first kappa shape index (κ1) is 22.8. The van der Waals surface area contributed by atoms with Gasteiger partial charge in [0.1, 0.15) is 5.69 Å². The predicted octanol–water partition coefficient (Wildman–Crippen LogP) is 4.51. The highest BCUT2D eigenvalue weighted by atomic mass is 35.5. The first-order valence-corrected chi connectivity index (χ1v) is 11.6. The van der Waals surface area contributed by atoms with Gasteiger partial charge in [-0.1, -0.05) is 17.7 Å². The van der Waals surface area contributed by atoms with E-state index in [4.69, 9.17) is 27.3 Å². The Morgan fingerprint density at radius 3 is 2.71 bits per heavy atom. The fraction of sp³-hybridized carbons (Fsp3) is 0.240. The molecule has 0 bridgehead atoms. The molecule has 2 aromatic carbocycles. The smallest absolute Gasteiger partial charge is 0.273 e. The maximum Gasteiger partial charge on any atom is 0.273 e. The van der Waals surface area contributed by atoms with Gasteiger partial charge in [0.2, 0.25) is 0 Å². The standard InChI is InChI=1S/C25H25ClN8O/c1-5-34-14(3)15(11-28-34)12-33(4)25(35)22-19-10-16(26)6-9-20(19)29-24(30-22)17-7-8-18-21(13(17)2)31-32-23(18)27/h6-11H,5,12H2,1-4H3,(H3,27,31,32). The molecule has 10 heteroatoms. The number of aryl methyl sites for hydroxylation is 2. The molecule has 9 nitrogen and oxygen atoms in total. The Bertz CT molecular complexity index is 1600. The highest BCUT2D eigenvalue weighted by molar-refractivity contribution is 6.31. The zero-order valence-corrected chi connectivity index (χ0v) is 20.7. The van der Waals surface area contributed by atoms with Gasteiger partial charge < -0.3 is 10.6 Å². The first-order chi connectivity index (χ1) is 16.8. The van der Waals surface area contributed by atoms with Gasteiger partial charge in [0.15, 0.2) is 11.6 Å². The number of hydrogen-bond acceptors (Lipinski definition) is 6. The predicted molar refractivity (Wildman–Crippen MR) is 137 cm³/mol. The van der Waals surface area contributed by atoms with Gasteiger partial charge in [-0.05, 0) is 50.6 Å². The van der Waals surface area contributed by atoms with E-state index in [1.165, 1.54) is 0 Å². The van der Waals surface area contributed by atoms with Crippen LogP contribution in [0.5, 0.6) is 0 Å². The number of fused-ring (bicyclic) bond motifs is 2. The molecule has 0 aliphatic carbocycles. The van der Waals surface area contributed by atoms with Crippen molar-refractivity contribution in [1.29, 1.82) is 0 Å². The van der Waals surface area contributed by atoms with Crippen molar-refractivity contribution in [3.8, 4) is 11.4 Å². The van der Waals surface area contributed by atoms with Gasteiger partial charge in [-0.3, -0.25) is 14.6 Å². The van der Waals surface area contributed by atoms with Crippen LogP contribution in [0.25, 0.3) is 33.2 Å². The number of H-pyrrole nitrogens is 1. The Hall–Kier alpha value is -3.98. The van der Waals surface area contributed by atoms with Crippen LogP contribution >= 0.6 is 11.6 Å². The second-order valence-electron chi connectivity index (χ2n) is 8.56. The molecule has 0 aliphatic rings. The number of aromatic amines is 1. The summed E-state index contributed by atoms with van der Waals surface area (Å²) in [6.07, 6.45) is 1.80. The molecule has 0 saturated carbocycles. The summed E-state index contributed by atoms with van der Waals surface area (Å²) in [5, 5.41) is 13.4. The number of aromatic nitrogens is 6. The number of anilines is 1. The monoisotopic (exact) mass is 488 g/mol. The Labute approximate surface area is 206 Å². The minimum absolute atomic E-state index is 0.228. The van der Waals surface area contributed by atoms with Gasteiger partial charge >= 0.3 is 0 Å². The van der Waals surface area contributed by atoms with Crippen molar-refractivity contribution in [2.24, 2.45) is 0 Å². The van der Waals surface area contributed by atoms with Crippen molar-refractivity contribution in [3.05, 3.63) is 64.1 Å². The molecular weight excluding hydrogens is 464 g/mol. The molecule has 0 saturated heterocycles. The molecule has 0 unspecified atom stereocenters. The Balaban J connectivity index is 1.61. The number of nitrogens with two attached hydrogens (primary N) is 1. The highest BCUT2D eigenvalue weighted by Crippen LogP contribution is 2.31. The number of nitrogens with one attached hydrogen (secondary N) is 1. The lowest BCUT2D eigenvalue weighted by Gasteiger charge is -2.18. The highest BCUT2D eigenvalue weighted by Gasteiger charge is 2.22. The number of benzene rings is 2. The fourth-order valence-corrected chi connectivity index (χ4v) is 4.51. The minimum Gasteiger partial charge on any atom is -0.382 e. The van der Waals surface area contributed by atoms with E-state index in [1.807, 2.05) is 37.6 Å². The van der Waals surface area contributed by atoms with Crippen LogP contribution in [0, 0.1) is 13.8 Å². The molecule has 0 fully saturated rings. The molecule has 0 spiro atoms. The minimum atomic E-state index is -0.228. The zero-order chi connectivity index (χ0) is 24.9. The van der Waals surface area contributed by atoms with Gasteiger partial charge in [0.05, 0.1) is 17.2 Å². The van der Waals surface area contributed by atoms with Crippen LogP contribution in [0.4, 0.5) is 5.82 Å². The van der Waals surface area contributed by atoms with Crippen LogP contribution in [-0.4, -0.2) is 47.8 Å². The SMILES string of the molecule is CCn1ncc(CN(C)C(=O)c2nc(-c3ccc4c(N)n[nH]c4c3C)nc3ccc(Cl)cc23)c1C. The van der Waals surface area contributed by atoms with E-state index in [0.29, 0.717) is 39.8 Å². The molecule has 178 valence electrons. The zero-order valence-electron chi connectivity index (χ0n) is 19.9. The molecule has 3 heterocycles. The van der Waals surface area contributed by atoms with E-state index in [-0.39, 0.29) is 5.91 Å². The second kappa shape index (κ2) is 8.66. The van der Waals surface area contributed by atoms with Crippen LogP contribution in [0.15, 0.2) is 36.5 Å². The van der Waals surface area contributed by atoms with E-state index >= 15 is 0 Å². The van der Waals surface area contributed by atoms with Crippen molar-refractivity contribution in [1.82, 2.24) is 34.8 Å². The van der Waals surface area contributed by atoms with E-state index in [0.717, 1.165) is 39.8 Å². The van der Waals surface area contributed by atoms with Gasteiger partial charge in [-0.15, -0.1) is 0 Å². The fourth-order valence-electron chi connectivity index (χ4n) is 4.34. The summed E-state index contributed by atoms with van der Waals surface area (Å²) in [5.41, 5.74) is 11.4. The summed E-state index contributed by atoms with van der Waals surface area (Å²) in [4.78, 5) is 24.8. The molecule has 5 rings (SSSR count). The van der Waals surface area contributed by atoms with Crippen LogP contribution in [0.2, 0.25) is 5.02 Å². The van der Waals surface area contributed by atoms with Crippen LogP contribution < -0.4 is 5.73 Å². The Morgan fingerprint density at radius 2 is 1.97 bits per heavy atom. The molecule has 0 aliphatic heterocycles. The number of carbonyl (C=O) groups is 1. The summed E-state index contributed by atoms with van der Waals surface area (Å²) in [6, 6.07) is 9.08. The number of amides is 1. The summed E-state index contributed by atoms with van der Waals surface area (Å²) in [7, 11) is 1.76. The number of carbonyl (C=O) groups excluding carboxylic acids is 1. The van der Waals surface area contributed by atoms with Gasteiger partial charge in [-0.2, -0.15) is 10.2 Å². The third kappa shape index (κ3) is 3.87. The average molecular weight is 489 g/mol. The largest absolute Gasteiger partial charge is 0.382 e. The van der Waals surface area contributed by atoms with E-state index in [2.05, 4.69) is 15.3 Å². The van der Waals surface area contributed by atoms with Crippen molar-refractivity contribution >= 4 is 45.1 Å². The molecule has 5 aromatic rings. The third-order valence-corrected chi connectivity index (χ3v) is 6.62. The second-order valence-corrected chi connectivity index (χ2v) is 9.00. The number of hydrogen-bond donors (Lipinski definition) is 2. The lowest BCUT2D eigenvalue weighted by molar-refractivity contribution is 0.0781. The molecule has 0 radical (unpaired) electrons. The molecule has 0 atom stereocenters. The number of rotatable bonds is 5. The van der Waals surface area contributed by atoms with Gasteiger partial charge in [0, 0.05) is 52.8 Å². The van der Waals surface area contributed by atoms with Crippen molar-refractivity contribution in [2.45, 2.75) is 33.9 Å². The Kier molecular flexibility index (Phi) is 5.64. The van der Waals surface area contributed by atoms with E-state index < -0.39 is 0 Å². The Morgan fingerprint density at radius 1 is 1.17 bits per heavy atom. The van der Waals surface area contributed by atoms with E-state index in [9.17, 15) is 4.79 Å². The third-order valence-electron chi connectivity index (χ3n) is 6.39. The summed E-state index contributed by atoms with van der Waals surface area (Å²) < 4.78 is 1.91. The van der Waals surface area contributed by atoms with Crippen molar-refractivity contribution in [2.75, 3.05) is 12.8 Å². The van der Waals surface area contributed by atoms with Crippen LogP contribution in [0.1, 0.15) is 34.2 Å². The quantitative estimate of drug-likeness (QED) is 0.375. The maximum absolute atomic E-state index is 13.7. The normalized spacial score (nSPS) is 11.5. The first-order valence-electron chi connectivity index (χ1n) is 11.3. The summed E-state index contributed by atoms with van der Waals surface area (Å²) >= 11 is 6.28. The van der Waals surface area contributed by atoms with Crippen LogP contribution in [-0.2, 0) is 13.1 Å². The van der Waals surface area contributed by atoms with Crippen molar-refractivity contribution in [3.63, 3.8) is 0 Å². The lowest BCUT2D eigenvalue weighted by Crippen LogP contribution is -2.28.